The lowest BCUT2D eigenvalue weighted by molar-refractivity contribution is 0.488. The highest BCUT2D eigenvalue weighted by atomic mass is 16.5. The summed E-state index contributed by atoms with van der Waals surface area (Å²) < 4.78 is 13.8. The minimum atomic E-state index is 0.855. The van der Waals surface area contributed by atoms with Crippen LogP contribution < -0.4 is 4.74 Å². The molecule has 11 aromatic carbocycles. The molecule has 0 atom stereocenters. The second kappa shape index (κ2) is 10.2. The predicted octanol–water partition coefficient (Wildman–Crippen LogP) is 15.0. The summed E-state index contributed by atoms with van der Waals surface area (Å²) in [4.78, 5) is 0. The molecule has 2 heterocycles. The Morgan fingerprint density at radius 2 is 0.944 bits per heavy atom. The highest BCUT2D eigenvalue weighted by Gasteiger charge is 2.24. The van der Waals surface area contributed by atoms with E-state index in [1.54, 1.807) is 0 Å². The van der Waals surface area contributed by atoms with Crippen molar-refractivity contribution in [2.45, 2.75) is 0 Å². The molecule has 1 aromatic heterocycles. The van der Waals surface area contributed by atoms with Gasteiger partial charge in [-0.2, -0.15) is 0 Å². The molecule has 1 aliphatic heterocycles. The standard InChI is InChI=1S/C52H28O2/c1-2-8-33-26-46-44(25-32(33)7-1)51-43(38-20-17-31-16-15-29-10-5-11-30-18-22-42(38)49(31)48(29)30)24-23-37(52(51)54-46)35-19-21-39-41-14-6-13-40-36-12-4-3-9-34(36)28-47(50(40)41)53-45(39)27-35/h1-28H. The van der Waals surface area contributed by atoms with Crippen LogP contribution in [-0.4, -0.2) is 0 Å². The normalized spacial score (nSPS) is 12.6. The molecule has 0 aliphatic carbocycles. The maximum absolute atomic E-state index is 6.99. The quantitative estimate of drug-likeness (QED) is 0.169. The van der Waals surface area contributed by atoms with Crippen molar-refractivity contribution in [2.75, 3.05) is 0 Å². The molecule has 13 rings (SSSR count). The van der Waals surface area contributed by atoms with E-state index in [4.69, 9.17) is 9.15 Å². The van der Waals surface area contributed by atoms with Gasteiger partial charge < -0.3 is 9.15 Å². The summed E-state index contributed by atoms with van der Waals surface area (Å²) in [5, 5.41) is 17.1. The number of furan rings is 1. The Morgan fingerprint density at radius 3 is 1.83 bits per heavy atom. The van der Waals surface area contributed by atoms with Crippen LogP contribution in [0, 0.1) is 0 Å². The summed E-state index contributed by atoms with van der Waals surface area (Å²) >= 11 is 0. The van der Waals surface area contributed by atoms with Gasteiger partial charge in [-0.05, 0) is 118 Å². The van der Waals surface area contributed by atoms with Crippen LogP contribution in [-0.2, 0) is 0 Å². The summed E-state index contributed by atoms with van der Waals surface area (Å²) in [6, 6.07) is 61.8. The van der Waals surface area contributed by atoms with E-state index in [-0.39, 0.29) is 0 Å². The first-order valence-corrected chi connectivity index (χ1v) is 18.6. The Hall–Kier alpha value is -7.16. The lowest BCUT2D eigenvalue weighted by atomic mass is 9.87. The van der Waals surface area contributed by atoms with Crippen molar-refractivity contribution in [2.24, 2.45) is 0 Å². The maximum atomic E-state index is 6.99. The molecule has 0 fully saturated rings. The van der Waals surface area contributed by atoms with Gasteiger partial charge in [0.25, 0.3) is 0 Å². The highest BCUT2D eigenvalue weighted by Crippen LogP contribution is 2.51. The highest BCUT2D eigenvalue weighted by molar-refractivity contribution is 6.28. The number of hydrogen-bond donors (Lipinski definition) is 0. The Bertz CT molecular complexity index is 3570. The van der Waals surface area contributed by atoms with Crippen LogP contribution in [0.15, 0.2) is 174 Å². The third kappa shape index (κ3) is 3.74. The SMILES string of the molecule is c1ccc2cc3c(cc2c1)oc1c(-c2ccc4c(c2)Oc2cc5ccccc5c5cccc-4c25)ccc(-c2ccc4ccc5cccc6ccc2c4c56)c13. The zero-order chi connectivity index (χ0) is 35.1. The van der Waals surface area contributed by atoms with Gasteiger partial charge in [-0.1, -0.05) is 133 Å². The zero-order valence-electron chi connectivity index (χ0n) is 29.0. The van der Waals surface area contributed by atoms with Crippen LogP contribution in [0.5, 0.6) is 11.5 Å². The molecule has 0 saturated carbocycles. The van der Waals surface area contributed by atoms with Crippen LogP contribution in [0.3, 0.4) is 0 Å². The van der Waals surface area contributed by atoms with E-state index in [2.05, 4.69) is 170 Å². The maximum Gasteiger partial charge on any atom is 0.143 e. The van der Waals surface area contributed by atoms with Crippen molar-refractivity contribution in [3.8, 4) is 44.9 Å². The molecule has 0 amide bonds. The van der Waals surface area contributed by atoms with E-state index in [1.807, 2.05) is 0 Å². The molecule has 0 unspecified atom stereocenters. The van der Waals surface area contributed by atoms with Crippen LogP contribution in [0.4, 0.5) is 0 Å². The van der Waals surface area contributed by atoms with E-state index < -0.39 is 0 Å². The minimum absolute atomic E-state index is 0.855. The largest absolute Gasteiger partial charge is 0.456 e. The van der Waals surface area contributed by atoms with Crippen LogP contribution in [0.1, 0.15) is 0 Å². The molecule has 248 valence electrons. The van der Waals surface area contributed by atoms with E-state index in [1.165, 1.54) is 75.9 Å². The van der Waals surface area contributed by atoms with Gasteiger partial charge in [0.2, 0.25) is 0 Å². The van der Waals surface area contributed by atoms with E-state index in [0.29, 0.717) is 0 Å². The number of benzene rings is 11. The smallest absolute Gasteiger partial charge is 0.143 e. The van der Waals surface area contributed by atoms with E-state index >= 15 is 0 Å². The second-order valence-electron chi connectivity index (χ2n) is 14.8. The average Bonchev–Trinajstić information content (AvgIpc) is 3.60. The predicted molar refractivity (Wildman–Crippen MR) is 226 cm³/mol. The topological polar surface area (TPSA) is 22.4 Å². The lowest BCUT2D eigenvalue weighted by Crippen LogP contribution is -1.98. The molecular formula is C52H28O2. The van der Waals surface area contributed by atoms with Crippen molar-refractivity contribution >= 4 is 86.6 Å². The van der Waals surface area contributed by atoms with Crippen LogP contribution in [0.2, 0.25) is 0 Å². The second-order valence-corrected chi connectivity index (χ2v) is 14.8. The van der Waals surface area contributed by atoms with Crippen LogP contribution in [0.25, 0.3) is 120 Å². The first-order chi connectivity index (χ1) is 26.7. The average molecular weight is 685 g/mol. The molecule has 2 heteroatoms. The molecule has 54 heavy (non-hydrogen) atoms. The fraction of sp³-hybridized carbons (Fsp3) is 0. The van der Waals surface area contributed by atoms with Crippen molar-refractivity contribution in [3.05, 3.63) is 170 Å². The van der Waals surface area contributed by atoms with Gasteiger partial charge >= 0.3 is 0 Å². The summed E-state index contributed by atoms with van der Waals surface area (Å²) in [7, 11) is 0. The van der Waals surface area contributed by atoms with Crippen molar-refractivity contribution in [1.29, 1.82) is 0 Å². The Kier molecular flexibility index (Phi) is 5.39. The summed E-state index contributed by atoms with van der Waals surface area (Å²) in [6.45, 7) is 0. The molecule has 0 saturated heterocycles. The van der Waals surface area contributed by atoms with Gasteiger partial charge in [0, 0.05) is 27.3 Å². The van der Waals surface area contributed by atoms with Gasteiger partial charge in [-0.15, -0.1) is 0 Å². The summed E-state index contributed by atoms with van der Waals surface area (Å²) in [5.41, 5.74) is 8.54. The molecule has 1 aliphatic rings. The van der Waals surface area contributed by atoms with Gasteiger partial charge in [0.1, 0.15) is 22.7 Å². The number of ether oxygens (including phenoxy) is 1. The lowest BCUT2D eigenvalue weighted by Gasteiger charge is -2.23. The monoisotopic (exact) mass is 684 g/mol. The Balaban J connectivity index is 1.07. The molecular weight excluding hydrogens is 657 g/mol. The minimum Gasteiger partial charge on any atom is -0.456 e. The third-order valence-corrected chi connectivity index (χ3v) is 12.0. The summed E-state index contributed by atoms with van der Waals surface area (Å²) in [5.74, 6) is 1.75. The fourth-order valence-corrected chi connectivity index (χ4v) is 9.53. The first kappa shape index (κ1) is 28.4. The van der Waals surface area contributed by atoms with Gasteiger partial charge in [-0.3, -0.25) is 0 Å². The molecule has 0 bridgehead atoms. The Labute approximate surface area is 309 Å². The third-order valence-electron chi connectivity index (χ3n) is 12.0. The van der Waals surface area contributed by atoms with Gasteiger partial charge in [0.15, 0.2) is 0 Å². The van der Waals surface area contributed by atoms with Crippen molar-refractivity contribution in [3.63, 3.8) is 0 Å². The van der Waals surface area contributed by atoms with Gasteiger partial charge in [0.05, 0.1) is 0 Å². The van der Waals surface area contributed by atoms with Gasteiger partial charge in [-0.25, -0.2) is 0 Å². The van der Waals surface area contributed by atoms with E-state index in [9.17, 15) is 0 Å². The number of rotatable bonds is 2. The molecule has 12 aromatic rings. The fourth-order valence-electron chi connectivity index (χ4n) is 9.53. The first-order valence-electron chi connectivity index (χ1n) is 18.6. The summed E-state index contributed by atoms with van der Waals surface area (Å²) in [6.07, 6.45) is 0. The molecule has 0 N–H and O–H groups in total. The van der Waals surface area contributed by atoms with Crippen molar-refractivity contribution in [1.82, 2.24) is 0 Å². The molecule has 0 radical (unpaired) electrons. The van der Waals surface area contributed by atoms with Crippen LogP contribution >= 0.6 is 0 Å². The molecule has 0 spiro atoms. The molecule has 2 nitrogen and oxygen atoms in total. The van der Waals surface area contributed by atoms with Crippen molar-refractivity contribution < 1.29 is 9.15 Å². The zero-order valence-corrected chi connectivity index (χ0v) is 29.0. The number of fused-ring (bicyclic) bond motifs is 8. The number of hydrogen-bond acceptors (Lipinski definition) is 2. The van der Waals surface area contributed by atoms with E-state index in [0.717, 1.165) is 55.5 Å². The Morgan fingerprint density at radius 1 is 0.296 bits per heavy atom.